The molecular weight excluding hydrogens is 282 g/mol. The van der Waals surface area contributed by atoms with Gasteiger partial charge in [0.2, 0.25) is 0 Å². The van der Waals surface area contributed by atoms with Crippen LogP contribution in [0.25, 0.3) is 10.6 Å². The molecule has 2 atom stereocenters. The Bertz CT molecular complexity index is 593. The summed E-state index contributed by atoms with van der Waals surface area (Å²) in [6.45, 7) is 3.25. The highest BCUT2D eigenvalue weighted by molar-refractivity contribution is 7.13. The zero-order chi connectivity index (χ0) is 14.9. The molecule has 0 amide bonds. The van der Waals surface area contributed by atoms with E-state index in [1.54, 1.807) is 11.3 Å². The van der Waals surface area contributed by atoms with Crippen molar-refractivity contribution in [3.63, 3.8) is 0 Å². The number of aliphatic hydroxyl groups excluding tert-OH is 1. The van der Waals surface area contributed by atoms with Gasteiger partial charge in [0.15, 0.2) is 0 Å². The van der Waals surface area contributed by atoms with Gasteiger partial charge < -0.3 is 10.4 Å². The van der Waals surface area contributed by atoms with Gasteiger partial charge in [-0.2, -0.15) is 5.10 Å². The molecule has 2 N–H and O–H groups in total. The molecule has 0 aromatic carbocycles. The summed E-state index contributed by atoms with van der Waals surface area (Å²) in [6.07, 6.45) is 5.53. The number of thiophene rings is 1. The molecular formula is C16H23N3OS. The summed E-state index contributed by atoms with van der Waals surface area (Å²) in [5, 5.41) is 20.0. The van der Waals surface area contributed by atoms with E-state index in [0.29, 0.717) is 6.04 Å². The average molecular weight is 305 g/mol. The number of aryl methyl sites for hydroxylation is 1. The quantitative estimate of drug-likeness (QED) is 0.893. The maximum atomic E-state index is 9.65. The van der Waals surface area contributed by atoms with Crippen molar-refractivity contribution in [1.29, 1.82) is 0 Å². The second-order valence-electron chi connectivity index (χ2n) is 6.29. The zero-order valence-corrected chi connectivity index (χ0v) is 13.5. The van der Waals surface area contributed by atoms with Crippen molar-refractivity contribution in [3.8, 4) is 10.6 Å². The molecule has 3 rings (SSSR count). The normalized spacial score (nSPS) is 25.6. The van der Waals surface area contributed by atoms with Crippen molar-refractivity contribution in [2.45, 2.75) is 38.8 Å². The van der Waals surface area contributed by atoms with Crippen molar-refractivity contribution in [2.24, 2.45) is 12.5 Å². The van der Waals surface area contributed by atoms with Crippen LogP contribution in [0.15, 0.2) is 23.7 Å². The Morgan fingerprint density at radius 2 is 2.43 bits per heavy atom. The van der Waals surface area contributed by atoms with E-state index in [9.17, 15) is 5.11 Å². The van der Waals surface area contributed by atoms with E-state index in [4.69, 9.17) is 0 Å². The Hall–Kier alpha value is -1.17. The van der Waals surface area contributed by atoms with Crippen LogP contribution in [0.3, 0.4) is 0 Å². The van der Waals surface area contributed by atoms with Crippen molar-refractivity contribution in [3.05, 3.63) is 29.3 Å². The molecule has 114 valence electrons. The first-order valence-electron chi connectivity index (χ1n) is 7.53. The molecule has 2 heterocycles. The molecule has 1 fully saturated rings. The number of rotatable bonds is 5. The molecule has 0 saturated heterocycles. The molecule has 2 unspecified atom stereocenters. The van der Waals surface area contributed by atoms with Crippen LogP contribution in [0, 0.1) is 5.41 Å². The molecule has 5 heteroatoms. The molecule has 2 aromatic rings. The van der Waals surface area contributed by atoms with E-state index in [-0.39, 0.29) is 12.0 Å². The Kier molecular flexibility index (Phi) is 4.15. The fourth-order valence-corrected chi connectivity index (χ4v) is 4.04. The second-order valence-corrected chi connectivity index (χ2v) is 7.24. The van der Waals surface area contributed by atoms with Crippen molar-refractivity contribution < 1.29 is 5.11 Å². The summed E-state index contributed by atoms with van der Waals surface area (Å²) >= 11 is 1.72. The minimum Gasteiger partial charge on any atom is -0.396 e. The van der Waals surface area contributed by atoms with Gasteiger partial charge >= 0.3 is 0 Å². The summed E-state index contributed by atoms with van der Waals surface area (Å²) < 4.78 is 1.88. The minimum absolute atomic E-state index is 0.0192. The van der Waals surface area contributed by atoms with Gasteiger partial charge in [-0.3, -0.25) is 4.68 Å². The molecule has 0 aliphatic heterocycles. The summed E-state index contributed by atoms with van der Waals surface area (Å²) in [5.74, 6) is 0. The number of hydrogen-bond donors (Lipinski definition) is 2. The predicted molar refractivity (Wildman–Crippen MR) is 86.2 cm³/mol. The van der Waals surface area contributed by atoms with Gasteiger partial charge in [-0.25, -0.2) is 0 Å². The molecule has 1 aliphatic carbocycles. The second kappa shape index (κ2) is 5.91. The van der Waals surface area contributed by atoms with Crippen LogP contribution < -0.4 is 5.32 Å². The minimum atomic E-state index is 0.0192. The van der Waals surface area contributed by atoms with Crippen molar-refractivity contribution in [1.82, 2.24) is 15.1 Å². The lowest BCUT2D eigenvalue weighted by atomic mass is 9.86. The number of aromatic nitrogens is 2. The Balaban J connectivity index is 1.74. The van der Waals surface area contributed by atoms with E-state index in [2.05, 4.69) is 41.0 Å². The van der Waals surface area contributed by atoms with E-state index in [1.165, 1.54) is 16.9 Å². The molecule has 0 spiro atoms. The Morgan fingerprint density at radius 1 is 1.57 bits per heavy atom. The van der Waals surface area contributed by atoms with E-state index in [1.807, 2.05) is 11.7 Å². The third-order valence-electron chi connectivity index (χ3n) is 4.64. The van der Waals surface area contributed by atoms with E-state index >= 15 is 0 Å². The molecule has 4 nitrogen and oxygen atoms in total. The molecule has 0 radical (unpaired) electrons. The lowest BCUT2D eigenvalue weighted by Gasteiger charge is -2.30. The average Bonchev–Trinajstić information content (AvgIpc) is 3.17. The molecule has 1 aliphatic rings. The van der Waals surface area contributed by atoms with Crippen LogP contribution >= 0.6 is 11.3 Å². The van der Waals surface area contributed by atoms with Gasteiger partial charge in [0.25, 0.3) is 0 Å². The van der Waals surface area contributed by atoms with Gasteiger partial charge in [0, 0.05) is 43.4 Å². The largest absolute Gasteiger partial charge is 0.396 e. The number of hydrogen-bond acceptors (Lipinski definition) is 4. The topological polar surface area (TPSA) is 50.1 Å². The fourth-order valence-electron chi connectivity index (χ4n) is 3.29. The predicted octanol–water partition coefficient (Wildman–Crippen LogP) is 2.79. The highest BCUT2D eigenvalue weighted by atomic mass is 32.1. The molecule has 2 aromatic heterocycles. The number of aliphatic hydroxyl groups is 1. The van der Waals surface area contributed by atoms with Crippen LogP contribution in [0.1, 0.15) is 31.7 Å². The summed E-state index contributed by atoms with van der Waals surface area (Å²) in [5.41, 5.74) is 2.32. The lowest BCUT2D eigenvalue weighted by molar-refractivity contribution is 0.118. The van der Waals surface area contributed by atoms with Crippen LogP contribution in [-0.4, -0.2) is 27.5 Å². The highest BCUT2D eigenvalue weighted by Crippen LogP contribution is 2.37. The maximum Gasteiger partial charge on any atom is 0.107 e. The van der Waals surface area contributed by atoms with Crippen LogP contribution in [-0.2, 0) is 13.6 Å². The zero-order valence-electron chi connectivity index (χ0n) is 12.7. The standard InChI is InChI=1S/C16H23N3OS/c1-16(11-20)7-3-6-14(16)17-9-12-10-19(2)18-15(12)13-5-4-8-21-13/h4-5,8,10,14,17,20H,3,6-7,9,11H2,1-2H3. The van der Waals surface area contributed by atoms with Gasteiger partial charge in [0.05, 0.1) is 4.88 Å². The number of nitrogens with zero attached hydrogens (tertiary/aromatic N) is 2. The molecule has 1 saturated carbocycles. The van der Waals surface area contributed by atoms with Gasteiger partial charge in [-0.05, 0) is 24.3 Å². The van der Waals surface area contributed by atoms with Gasteiger partial charge in [-0.1, -0.05) is 19.4 Å². The number of nitrogens with one attached hydrogen (secondary N) is 1. The van der Waals surface area contributed by atoms with Gasteiger partial charge in [-0.15, -0.1) is 11.3 Å². The van der Waals surface area contributed by atoms with Crippen molar-refractivity contribution >= 4 is 11.3 Å². The fraction of sp³-hybridized carbons (Fsp3) is 0.562. The molecule has 0 bridgehead atoms. The van der Waals surface area contributed by atoms with Crippen LogP contribution in [0.4, 0.5) is 0 Å². The van der Waals surface area contributed by atoms with Crippen molar-refractivity contribution in [2.75, 3.05) is 6.61 Å². The monoisotopic (exact) mass is 305 g/mol. The highest BCUT2D eigenvalue weighted by Gasteiger charge is 2.37. The first kappa shape index (κ1) is 14.8. The smallest absolute Gasteiger partial charge is 0.107 e. The first-order chi connectivity index (χ1) is 10.1. The first-order valence-corrected chi connectivity index (χ1v) is 8.41. The summed E-state index contributed by atoms with van der Waals surface area (Å²) in [7, 11) is 1.97. The third-order valence-corrected chi connectivity index (χ3v) is 5.52. The van der Waals surface area contributed by atoms with Crippen LogP contribution in [0.2, 0.25) is 0 Å². The maximum absolute atomic E-state index is 9.65. The SMILES string of the molecule is Cn1cc(CNC2CCCC2(C)CO)c(-c2cccs2)n1. The summed E-state index contributed by atoms with van der Waals surface area (Å²) in [6, 6.07) is 4.56. The van der Waals surface area contributed by atoms with Crippen LogP contribution in [0.5, 0.6) is 0 Å². The lowest BCUT2D eigenvalue weighted by Crippen LogP contribution is -2.41. The Morgan fingerprint density at radius 3 is 3.14 bits per heavy atom. The molecule has 21 heavy (non-hydrogen) atoms. The Labute approximate surface area is 129 Å². The van der Waals surface area contributed by atoms with Gasteiger partial charge in [0.1, 0.15) is 5.69 Å². The summed E-state index contributed by atoms with van der Waals surface area (Å²) in [4.78, 5) is 1.21. The van der Waals surface area contributed by atoms with E-state index in [0.717, 1.165) is 25.1 Å². The third kappa shape index (κ3) is 2.91. The van der Waals surface area contributed by atoms with E-state index < -0.39 is 0 Å².